The van der Waals surface area contributed by atoms with Crippen LogP contribution in [0.3, 0.4) is 0 Å². The minimum Gasteiger partial charge on any atom is -0.370 e. The molecule has 0 aromatic carbocycles. The fraction of sp³-hybridized carbons (Fsp3) is 0.600. The maximum atomic E-state index is 12.8. The van der Waals surface area contributed by atoms with E-state index in [9.17, 15) is 4.79 Å². The zero-order chi connectivity index (χ0) is 14.8. The van der Waals surface area contributed by atoms with Crippen molar-refractivity contribution in [3.8, 4) is 0 Å². The molecule has 5 nitrogen and oxygen atoms in total. The molecular formula is C15H20N3O2S+. The van der Waals surface area contributed by atoms with Crippen molar-refractivity contribution < 1.29 is 9.30 Å². The number of nitrogens with one attached hydrogen (secondary N) is 1. The average molecular weight is 306 g/mol. The number of aryl methyl sites for hydroxylation is 1. The van der Waals surface area contributed by atoms with E-state index in [1.165, 1.54) is 10.4 Å². The van der Waals surface area contributed by atoms with Gasteiger partial charge >= 0.3 is 11.5 Å². The molecule has 2 aliphatic rings. The minimum absolute atomic E-state index is 0.112. The van der Waals surface area contributed by atoms with Crippen molar-refractivity contribution in [3.63, 3.8) is 0 Å². The molecule has 4 heterocycles. The molecular weight excluding hydrogens is 286 g/mol. The van der Waals surface area contributed by atoms with Crippen LogP contribution in [0.15, 0.2) is 4.79 Å². The van der Waals surface area contributed by atoms with Crippen molar-refractivity contribution >= 4 is 27.5 Å². The Morgan fingerprint density at radius 3 is 3.05 bits per heavy atom. The number of hydrogen-bond acceptors (Lipinski definition) is 4. The molecule has 4 rings (SSSR count). The van der Waals surface area contributed by atoms with E-state index in [-0.39, 0.29) is 11.2 Å². The zero-order valence-corrected chi connectivity index (χ0v) is 13.5. The molecule has 112 valence electrons. The van der Waals surface area contributed by atoms with Gasteiger partial charge in [-0.1, -0.05) is 0 Å². The van der Waals surface area contributed by atoms with Gasteiger partial charge in [-0.15, -0.1) is 11.3 Å². The smallest absolute Gasteiger partial charge is 0.361 e. The van der Waals surface area contributed by atoms with Crippen LogP contribution in [-0.4, -0.2) is 16.7 Å². The van der Waals surface area contributed by atoms with Gasteiger partial charge in [0.25, 0.3) is 0 Å². The summed E-state index contributed by atoms with van der Waals surface area (Å²) < 4.78 is 9.93. The second-order valence-corrected chi connectivity index (χ2v) is 7.61. The van der Waals surface area contributed by atoms with Crippen molar-refractivity contribution in [2.75, 3.05) is 11.9 Å². The van der Waals surface area contributed by atoms with E-state index in [2.05, 4.69) is 23.7 Å². The third kappa shape index (κ3) is 1.85. The average Bonchev–Trinajstić information content (AvgIpc) is 2.82. The Kier molecular flexibility index (Phi) is 2.72. The van der Waals surface area contributed by atoms with E-state index in [0.717, 1.165) is 42.1 Å². The van der Waals surface area contributed by atoms with Gasteiger partial charge in [-0.3, -0.25) is 10.1 Å². The van der Waals surface area contributed by atoms with Gasteiger partial charge in [0.15, 0.2) is 4.83 Å². The summed E-state index contributed by atoms with van der Waals surface area (Å²) in [6.45, 7) is 6.71. The van der Waals surface area contributed by atoms with Crippen LogP contribution in [0.1, 0.15) is 30.7 Å². The summed E-state index contributed by atoms with van der Waals surface area (Å²) in [5.41, 5.74) is 1.12. The van der Waals surface area contributed by atoms with Gasteiger partial charge in [-0.25, -0.2) is 4.57 Å². The summed E-state index contributed by atoms with van der Waals surface area (Å²) in [5.74, 6) is 0.928. The number of thiophene rings is 1. The maximum absolute atomic E-state index is 12.8. The minimum atomic E-state index is -0.190. The predicted octanol–water partition coefficient (Wildman–Crippen LogP) is 1.55. The molecule has 0 bridgehead atoms. The Balaban J connectivity index is 2.08. The van der Waals surface area contributed by atoms with Gasteiger partial charge in [0.2, 0.25) is 0 Å². The van der Waals surface area contributed by atoms with Gasteiger partial charge in [0.05, 0.1) is 32.3 Å². The first kappa shape index (κ1) is 13.3. The zero-order valence-electron chi connectivity index (χ0n) is 12.7. The summed E-state index contributed by atoms with van der Waals surface area (Å²) in [7, 11) is 1.86. The molecule has 0 unspecified atom stereocenters. The molecule has 2 aromatic heterocycles. The Morgan fingerprint density at radius 1 is 1.43 bits per heavy atom. The second-order valence-electron chi connectivity index (χ2n) is 6.53. The lowest BCUT2D eigenvalue weighted by Gasteiger charge is -2.29. The molecule has 0 aliphatic carbocycles. The molecule has 1 N–H and O–H groups in total. The predicted molar refractivity (Wildman–Crippen MR) is 82.9 cm³/mol. The van der Waals surface area contributed by atoms with E-state index in [4.69, 9.17) is 4.74 Å². The van der Waals surface area contributed by atoms with Crippen LogP contribution < -0.4 is 15.4 Å². The van der Waals surface area contributed by atoms with Crippen molar-refractivity contribution in [2.45, 2.75) is 45.4 Å². The molecule has 0 saturated heterocycles. The van der Waals surface area contributed by atoms with E-state index < -0.39 is 0 Å². The Labute approximate surface area is 127 Å². The Morgan fingerprint density at radius 2 is 2.24 bits per heavy atom. The van der Waals surface area contributed by atoms with E-state index in [1.54, 1.807) is 15.9 Å². The largest absolute Gasteiger partial charge is 0.370 e. The molecule has 21 heavy (non-hydrogen) atoms. The maximum Gasteiger partial charge on any atom is 0.361 e. The Hall–Kier alpha value is -1.40. The molecule has 0 atom stereocenters. The highest BCUT2D eigenvalue weighted by atomic mass is 32.1. The molecule has 0 spiro atoms. The van der Waals surface area contributed by atoms with E-state index >= 15 is 0 Å². The first-order valence-corrected chi connectivity index (χ1v) is 8.24. The number of rotatable bonds is 0. The molecule has 2 aromatic rings. The lowest BCUT2D eigenvalue weighted by atomic mass is 9.94. The van der Waals surface area contributed by atoms with Gasteiger partial charge in [0, 0.05) is 17.7 Å². The number of ether oxygens (including phenoxy) is 1. The quantitative estimate of drug-likeness (QED) is 0.751. The van der Waals surface area contributed by atoms with E-state index in [0.29, 0.717) is 6.61 Å². The van der Waals surface area contributed by atoms with Crippen LogP contribution in [0.4, 0.5) is 5.95 Å². The molecule has 0 amide bonds. The number of hydrogen-bond donors (Lipinski definition) is 1. The van der Waals surface area contributed by atoms with Gasteiger partial charge in [-0.05, 0) is 19.4 Å². The van der Waals surface area contributed by atoms with Crippen molar-refractivity contribution in [1.29, 1.82) is 0 Å². The normalized spacial score (nSPS) is 20.0. The van der Waals surface area contributed by atoms with E-state index in [1.807, 2.05) is 7.05 Å². The van der Waals surface area contributed by atoms with Crippen LogP contribution in [0.2, 0.25) is 0 Å². The van der Waals surface area contributed by atoms with Crippen LogP contribution >= 0.6 is 11.3 Å². The highest BCUT2D eigenvalue weighted by Gasteiger charge is 2.34. The number of fused-ring (bicyclic) bond motifs is 5. The standard InChI is InChI=1S/C15H19N3O2S/c1-15(2)7-9-10(8-20-15)21-13-11(9)12(19)17(3)14-16-5-4-6-18(13)14/h4-8H2,1-3H3/p+1. The Bertz CT molecular complexity index is 804. The van der Waals surface area contributed by atoms with Crippen molar-refractivity contribution in [2.24, 2.45) is 7.05 Å². The lowest BCUT2D eigenvalue weighted by molar-refractivity contribution is -0.662. The van der Waals surface area contributed by atoms with Crippen LogP contribution in [0.5, 0.6) is 0 Å². The fourth-order valence-electron chi connectivity index (χ4n) is 3.35. The lowest BCUT2D eigenvalue weighted by Crippen LogP contribution is -2.47. The van der Waals surface area contributed by atoms with Crippen LogP contribution in [-0.2, 0) is 31.4 Å². The van der Waals surface area contributed by atoms with Crippen LogP contribution in [0.25, 0.3) is 10.2 Å². The number of anilines is 1. The SMILES string of the molecule is Cn1c2[n+](c3sc4c(c3c1=O)CC(C)(C)OC4)CCCN2. The molecule has 0 radical (unpaired) electrons. The second kappa shape index (κ2) is 4.30. The van der Waals surface area contributed by atoms with Crippen LogP contribution in [0, 0.1) is 0 Å². The first-order valence-electron chi connectivity index (χ1n) is 7.43. The summed E-state index contributed by atoms with van der Waals surface area (Å²) in [6.07, 6.45) is 1.90. The van der Waals surface area contributed by atoms with Gasteiger partial charge < -0.3 is 4.74 Å². The fourth-order valence-corrected chi connectivity index (χ4v) is 4.60. The van der Waals surface area contributed by atoms with Gasteiger partial charge in [0.1, 0.15) is 5.39 Å². The molecule has 6 heteroatoms. The number of aromatic nitrogens is 2. The van der Waals surface area contributed by atoms with Gasteiger partial charge in [-0.2, -0.15) is 4.57 Å². The summed E-state index contributed by atoms with van der Waals surface area (Å²) in [4.78, 5) is 15.1. The summed E-state index contributed by atoms with van der Waals surface area (Å²) in [5, 5.41) is 4.27. The van der Waals surface area contributed by atoms with Crippen molar-refractivity contribution in [1.82, 2.24) is 4.57 Å². The molecule has 2 aliphatic heterocycles. The highest BCUT2D eigenvalue weighted by molar-refractivity contribution is 7.18. The summed E-state index contributed by atoms with van der Waals surface area (Å²) >= 11 is 1.72. The summed E-state index contributed by atoms with van der Waals surface area (Å²) in [6, 6.07) is 0. The topological polar surface area (TPSA) is 47.1 Å². The third-order valence-electron chi connectivity index (χ3n) is 4.45. The first-order chi connectivity index (χ1) is 9.98. The molecule has 0 fully saturated rings. The monoisotopic (exact) mass is 306 g/mol. The number of nitrogens with zero attached hydrogens (tertiary/aromatic N) is 2. The highest BCUT2D eigenvalue weighted by Crippen LogP contribution is 2.36. The third-order valence-corrected chi connectivity index (χ3v) is 5.68. The van der Waals surface area contributed by atoms with Crippen molar-refractivity contribution in [3.05, 3.63) is 20.8 Å². The molecule has 0 saturated carbocycles.